The molecule has 1 amide bonds. The number of carbonyl (C=O) groups excluding carboxylic acids is 1. The highest BCUT2D eigenvalue weighted by Crippen LogP contribution is 2.41. The first kappa shape index (κ1) is 11.3. The average Bonchev–Trinajstić information content (AvgIpc) is 2.76. The van der Waals surface area contributed by atoms with Gasteiger partial charge >= 0.3 is 0 Å². The second-order valence-corrected chi connectivity index (χ2v) is 5.12. The number of hydrogen-bond donors (Lipinski definition) is 1. The van der Waals surface area contributed by atoms with Crippen molar-refractivity contribution in [2.45, 2.75) is 12.3 Å². The molecule has 1 unspecified atom stereocenters. The molecule has 18 heavy (non-hydrogen) atoms. The SMILES string of the molecule is O=C1CC(c2ccc(F)cc2F)c2sccc2N1. The molecule has 2 heterocycles. The number of hydrogen-bond acceptors (Lipinski definition) is 2. The summed E-state index contributed by atoms with van der Waals surface area (Å²) in [6.45, 7) is 0. The van der Waals surface area contributed by atoms with Gasteiger partial charge in [0.1, 0.15) is 11.6 Å². The molecule has 1 aliphatic rings. The fourth-order valence-corrected chi connectivity index (χ4v) is 3.18. The molecule has 1 atom stereocenters. The molecule has 5 heteroatoms. The van der Waals surface area contributed by atoms with Crippen molar-refractivity contribution in [3.63, 3.8) is 0 Å². The number of amides is 1. The van der Waals surface area contributed by atoms with E-state index >= 15 is 0 Å². The number of nitrogens with one attached hydrogen (secondary N) is 1. The van der Waals surface area contributed by atoms with E-state index in [0.29, 0.717) is 5.56 Å². The maximum Gasteiger partial charge on any atom is 0.225 e. The van der Waals surface area contributed by atoms with Gasteiger partial charge in [-0.3, -0.25) is 4.79 Å². The van der Waals surface area contributed by atoms with Gasteiger partial charge in [-0.2, -0.15) is 0 Å². The normalized spacial score (nSPS) is 18.3. The highest BCUT2D eigenvalue weighted by atomic mass is 32.1. The number of benzene rings is 1. The van der Waals surface area contributed by atoms with Gasteiger partial charge in [0.05, 0.1) is 5.69 Å². The van der Waals surface area contributed by atoms with Crippen LogP contribution in [0.15, 0.2) is 29.6 Å². The third kappa shape index (κ3) is 1.80. The van der Waals surface area contributed by atoms with Crippen molar-refractivity contribution in [1.29, 1.82) is 0 Å². The monoisotopic (exact) mass is 265 g/mol. The zero-order chi connectivity index (χ0) is 12.7. The van der Waals surface area contributed by atoms with Crippen LogP contribution in [0, 0.1) is 11.6 Å². The number of carbonyl (C=O) groups is 1. The van der Waals surface area contributed by atoms with E-state index in [-0.39, 0.29) is 18.2 Å². The van der Waals surface area contributed by atoms with Crippen LogP contribution in [0.5, 0.6) is 0 Å². The molecule has 1 aromatic heterocycles. The number of anilines is 1. The van der Waals surface area contributed by atoms with E-state index in [1.165, 1.54) is 23.5 Å². The van der Waals surface area contributed by atoms with Crippen LogP contribution < -0.4 is 5.32 Å². The van der Waals surface area contributed by atoms with Gasteiger partial charge in [-0.05, 0) is 23.1 Å². The molecule has 0 spiro atoms. The van der Waals surface area contributed by atoms with Crippen molar-refractivity contribution in [2.24, 2.45) is 0 Å². The lowest BCUT2D eigenvalue weighted by Crippen LogP contribution is -2.22. The predicted molar refractivity (Wildman–Crippen MR) is 65.8 cm³/mol. The molecule has 2 nitrogen and oxygen atoms in total. The Morgan fingerprint density at radius 3 is 2.89 bits per heavy atom. The molecule has 2 aromatic rings. The third-order valence-electron chi connectivity index (χ3n) is 3.01. The van der Waals surface area contributed by atoms with Gasteiger partial charge in [-0.15, -0.1) is 11.3 Å². The van der Waals surface area contributed by atoms with Crippen molar-refractivity contribution in [3.05, 3.63) is 51.7 Å². The molecule has 0 radical (unpaired) electrons. The quantitative estimate of drug-likeness (QED) is 0.840. The fraction of sp³-hybridized carbons (Fsp3) is 0.154. The summed E-state index contributed by atoms with van der Waals surface area (Å²) in [7, 11) is 0. The average molecular weight is 265 g/mol. The molecular formula is C13H9F2NOS. The van der Waals surface area contributed by atoms with Crippen LogP contribution in [-0.2, 0) is 4.79 Å². The first-order chi connectivity index (χ1) is 8.65. The molecule has 1 aliphatic heterocycles. The van der Waals surface area contributed by atoms with Crippen molar-refractivity contribution < 1.29 is 13.6 Å². The molecular weight excluding hydrogens is 256 g/mol. The van der Waals surface area contributed by atoms with Crippen molar-refractivity contribution >= 4 is 22.9 Å². The van der Waals surface area contributed by atoms with Crippen LogP contribution in [0.25, 0.3) is 0 Å². The maximum atomic E-state index is 13.8. The second kappa shape index (κ2) is 4.17. The Morgan fingerprint density at radius 1 is 1.28 bits per heavy atom. The van der Waals surface area contributed by atoms with E-state index in [1.807, 2.05) is 5.38 Å². The lowest BCUT2D eigenvalue weighted by atomic mass is 9.90. The van der Waals surface area contributed by atoms with Crippen LogP contribution in [-0.4, -0.2) is 5.91 Å². The molecule has 0 bridgehead atoms. The Labute approximate surface area is 106 Å². The summed E-state index contributed by atoms with van der Waals surface area (Å²) in [6, 6.07) is 5.29. The molecule has 0 aliphatic carbocycles. The molecule has 0 saturated heterocycles. The molecule has 1 aromatic carbocycles. The van der Waals surface area contributed by atoms with Gasteiger partial charge in [0.2, 0.25) is 5.91 Å². The minimum absolute atomic E-state index is 0.144. The van der Waals surface area contributed by atoms with Crippen LogP contribution in [0.2, 0.25) is 0 Å². The highest BCUT2D eigenvalue weighted by molar-refractivity contribution is 7.10. The Bertz CT molecular complexity index is 623. The highest BCUT2D eigenvalue weighted by Gasteiger charge is 2.29. The van der Waals surface area contributed by atoms with Crippen LogP contribution in [0.1, 0.15) is 22.8 Å². The zero-order valence-corrected chi connectivity index (χ0v) is 10.1. The van der Waals surface area contributed by atoms with Crippen LogP contribution in [0.4, 0.5) is 14.5 Å². The minimum atomic E-state index is -0.608. The lowest BCUT2D eigenvalue weighted by molar-refractivity contribution is -0.116. The van der Waals surface area contributed by atoms with Crippen LogP contribution >= 0.6 is 11.3 Å². The Hall–Kier alpha value is -1.75. The van der Waals surface area contributed by atoms with Gasteiger partial charge in [0, 0.05) is 23.3 Å². The van der Waals surface area contributed by atoms with E-state index < -0.39 is 11.6 Å². The van der Waals surface area contributed by atoms with E-state index in [9.17, 15) is 13.6 Å². The Kier molecular flexibility index (Phi) is 2.63. The van der Waals surface area contributed by atoms with E-state index in [1.54, 1.807) is 6.07 Å². The summed E-state index contributed by atoms with van der Waals surface area (Å²) in [5.74, 6) is -1.68. The smallest absolute Gasteiger partial charge is 0.225 e. The first-order valence-electron chi connectivity index (χ1n) is 5.47. The summed E-state index contributed by atoms with van der Waals surface area (Å²) in [5.41, 5.74) is 1.10. The number of halogens is 2. The van der Waals surface area contributed by atoms with Gasteiger partial charge in [0.15, 0.2) is 0 Å². The predicted octanol–water partition coefficient (Wildman–Crippen LogP) is 3.50. The summed E-state index contributed by atoms with van der Waals surface area (Å²) in [6.07, 6.45) is 0.191. The largest absolute Gasteiger partial charge is 0.325 e. The second-order valence-electron chi connectivity index (χ2n) is 4.17. The summed E-state index contributed by atoms with van der Waals surface area (Å²) in [4.78, 5) is 12.5. The molecule has 1 N–H and O–H groups in total. The van der Waals surface area contributed by atoms with Crippen LogP contribution in [0.3, 0.4) is 0 Å². The first-order valence-corrected chi connectivity index (χ1v) is 6.35. The molecule has 3 rings (SSSR count). The lowest BCUT2D eigenvalue weighted by Gasteiger charge is -2.23. The van der Waals surface area contributed by atoms with Gasteiger partial charge < -0.3 is 5.32 Å². The Balaban J connectivity index is 2.10. The third-order valence-corrected chi connectivity index (χ3v) is 4.04. The maximum absolute atomic E-state index is 13.8. The summed E-state index contributed by atoms with van der Waals surface area (Å²) >= 11 is 1.47. The van der Waals surface area contributed by atoms with Gasteiger partial charge in [0.25, 0.3) is 0 Å². The summed E-state index contributed by atoms with van der Waals surface area (Å²) in [5, 5.41) is 4.60. The topological polar surface area (TPSA) is 29.1 Å². The van der Waals surface area contributed by atoms with E-state index in [4.69, 9.17) is 0 Å². The van der Waals surface area contributed by atoms with Crippen molar-refractivity contribution in [1.82, 2.24) is 0 Å². The van der Waals surface area contributed by atoms with Gasteiger partial charge in [-0.25, -0.2) is 8.78 Å². The number of rotatable bonds is 1. The molecule has 0 saturated carbocycles. The number of fused-ring (bicyclic) bond motifs is 1. The van der Waals surface area contributed by atoms with Gasteiger partial charge in [-0.1, -0.05) is 6.07 Å². The van der Waals surface area contributed by atoms with E-state index in [0.717, 1.165) is 16.6 Å². The minimum Gasteiger partial charge on any atom is -0.325 e. The summed E-state index contributed by atoms with van der Waals surface area (Å²) < 4.78 is 26.7. The van der Waals surface area contributed by atoms with E-state index in [2.05, 4.69) is 5.32 Å². The molecule has 0 fully saturated rings. The fourth-order valence-electron chi connectivity index (χ4n) is 2.21. The van der Waals surface area contributed by atoms with Crippen molar-refractivity contribution in [3.8, 4) is 0 Å². The Morgan fingerprint density at radius 2 is 2.11 bits per heavy atom. The number of thiophene rings is 1. The standard InChI is InChI=1S/C13H9F2NOS/c14-7-1-2-8(10(15)5-7)9-6-12(17)16-11-3-4-18-13(9)11/h1-5,9H,6H2,(H,16,17). The zero-order valence-electron chi connectivity index (χ0n) is 9.24. The molecule has 92 valence electrons. The van der Waals surface area contributed by atoms with Crippen molar-refractivity contribution in [2.75, 3.05) is 5.32 Å².